The minimum atomic E-state index is 0.125. The molecule has 2 unspecified atom stereocenters. The Hall–Kier alpha value is -1.49. The molecule has 0 aromatic carbocycles. The maximum absolute atomic E-state index is 12.8. The second-order valence-electron chi connectivity index (χ2n) is 6.37. The standard InChI is InChI=1S/C15H24N4O/c1-10-7-18(8-11(2)17(10)3)15(20)14-6-12(16)9-19(14)13-4-5-13/h6,9-11,13H,4-5,7-8,16H2,1-3H3. The molecule has 2 fully saturated rings. The molecule has 1 aromatic rings. The van der Waals surface area contributed by atoms with Gasteiger partial charge in [-0.3, -0.25) is 9.69 Å². The van der Waals surface area contributed by atoms with Crippen LogP contribution < -0.4 is 5.73 Å². The molecule has 1 amide bonds. The first kappa shape index (κ1) is 13.5. The van der Waals surface area contributed by atoms with Crippen molar-refractivity contribution in [1.82, 2.24) is 14.4 Å². The van der Waals surface area contributed by atoms with E-state index in [4.69, 9.17) is 5.73 Å². The molecule has 1 saturated carbocycles. The van der Waals surface area contributed by atoms with E-state index >= 15 is 0 Å². The SMILES string of the molecule is CC1CN(C(=O)c2cc(N)cn2C2CC2)CC(C)N1C. The summed E-state index contributed by atoms with van der Waals surface area (Å²) in [5.41, 5.74) is 7.34. The summed E-state index contributed by atoms with van der Waals surface area (Å²) in [4.78, 5) is 17.1. The molecule has 1 aliphatic heterocycles. The van der Waals surface area contributed by atoms with Gasteiger partial charge in [0.05, 0.1) is 5.69 Å². The van der Waals surface area contributed by atoms with E-state index in [1.165, 1.54) is 0 Å². The highest BCUT2D eigenvalue weighted by Crippen LogP contribution is 2.37. The van der Waals surface area contributed by atoms with Gasteiger partial charge in [0.15, 0.2) is 0 Å². The quantitative estimate of drug-likeness (QED) is 0.892. The number of amides is 1. The fraction of sp³-hybridized carbons (Fsp3) is 0.667. The number of likely N-dealkylation sites (N-methyl/N-ethyl adjacent to an activating group) is 1. The number of nitrogens with two attached hydrogens (primary N) is 1. The van der Waals surface area contributed by atoms with Crippen LogP contribution in [0.15, 0.2) is 12.3 Å². The lowest BCUT2D eigenvalue weighted by Crippen LogP contribution is -2.56. The van der Waals surface area contributed by atoms with Crippen LogP contribution in [0.2, 0.25) is 0 Å². The number of aromatic nitrogens is 1. The van der Waals surface area contributed by atoms with E-state index in [1.807, 2.05) is 17.2 Å². The molecule has 0 bridgehead atoms. The molecule has 2 aliphatic rings. The monoisotopic (exact) mass is 276 g/mol. The van der Waals surface area contributed by atoms with Crippen LogP contribution in [0.3, 0.4) is 0 Å². The topological polar surface area (TPSA) is 54.5 Å². The Balaban J connectivity index is 1.82. The summed E-state index contributed by atoms with van der Waals surface area (Å²) < 4.78 is 2.07. The van der Waals surface area contributed by atoms with Crippen molar-refractivity contribution < 1.29 is 4.79 Å². The van der Waals surface area contributed by atoms with Crippen LogP contribution >= 0.6 is 0 Å². The number of piperazine rings is 1. The maximum Gasteiger partial charge on any atom is 0.270 e. The molecular weight excluding hydrogens is 252 g/mol. The van der Waals surface area contributed by atoms with Gasteiger partial charge in [-0.15, -0.1) is 0 Å². The van der Waals surface area contributed by atoms with Gasteiger partial charge in [0.25, 0.3) is 5.91 Å². The molecule has 3 rings (SSSR count). The van der Waals surface area contributed by atoms with Crippen molar-refractivity contribution in [1.29, 1.82) is 0 Å². The number of carbonyl (C=O) groups excluding carboxylic acids is 1. The van der Waals surface area contributed by atoms with Gasteiger partial charge in [0.2, 0.25) is 0 Å². The van der Waals surface area contributed by atoms with Gasteiger partial charge in [-0.1, -0.05) is 0 Å². The molecule has 2 N–H and O–H groups in total. The minimum absolute atomic E-state index is 0.125. The molecular formula is C15H24N4O. The average molecular weight is 276 g/mol. The fourth-order valence-corrected chi connectivity index (χ4v) is 3.06. The zero-order valence-corrected chi connectivity index (χ0v) is 12.5. The third-order valence-corrected chi connectivity index (χ3v) is 4.68. The van der Waals surface area contributed by atoms with Crippen molar-refractivity contribution in [2.45, 2.75) is 44.8 Å². The van der Waals surface area contributed by atoms with Crippen LogP contribution in [-0.4, -0.2) is 52.5 Å². The highest BCUT2D eigenvalue weighted by Gasteiger charge is 2.33. The Morgan fingerprint density at radius 2 is 1.85 bits per heavy atom. The predicted octanol–water partition coefficient (Wildman–Crippen LogP) is 1.57. The van der Waals surface area contributed by atoms with E-state index in [0.29, 0.717) is 23.8 Å². The van der Waals surface area contributed by atoms with Crippen LogP contribution in [-0.2, 0) is 0 Å². The van der Waals surface area contributed by atoms with Crippen molar-refractivity contribution in [3.05, 3.63) is 18.0 Å². The maximum atomic E-state index is 12.8. The van der Waals surface area contributed by atoms with E-state index in [2.05, 4.69) is 30.4 Å². The zero-order valence-electron chi connectivity index (χ0n) is 12.5. The van der Waals surface area contributed by atoms with Crippen LogP contribution in [0, 0.1) is 0 Å². The van der Waals surface area contributed by atoms with Gasteiger partial charge >= 0.3 is 0 Å². The first-order chi connectivity index (χ1) is 9.47. The number of hydrogen-bond acceptors (Lipinski definition) is 3. The van der Waals surface area contributed by atoms with Crippen LogP contribution in [0.25, 0.3) is 0 Å². The molecule has 1 aliphatic carbocycles. The van der Waals surface area contributed by atoms with Crippen LogP contribution in [0.4, 0.5) is 5.69 Å². The minimum Gasteiger partial charge on any atom is -0.397 e. The molecule has 20 heavy (non-hydrogen) atoms. The lowest BCUT2D eigenvalue weighted by molar-refractivity contribution is 0.0405. The number of rotatable bonds is 2. The molecule has 0 spiro atoms. The van der Waals surface area contributed by atoms with E-state index in [1.54, 1.807) is 0 Å². The molecule has 5 heteroatoms. The zero-order chi connectivity index (χ0) is 14.4. The largest absolute Gasteiger partial charge is 0.397 e. The third-order valence-electron chi connectivity index (χ3n) is 4.68. The van der Waals surface area contributed by atoms with Gasteiger partial charge in [-0.2, -0.15) is 0 Å². The van der Waals surface area contributed by atoms with Gasteiger partial charge < -0.3 is 15.2 Å². The van der Waals surface area contributed by atoms with E-state index < -0.39 is 0 Å². The fourth-order valence-electron chi connectivity index (χ4n) is 3.06. The summed E-state index contributed by atoms with van der Waals surface area (Å²) >= 11 is 0. The Morgan fingerprint density at radius 3 is 2.40 bits per heavy atom. The first-order valence-electron chi connectivity index (χ1n) is 7.46. The summed E-state index contributed by atoms with van der Waals surface area (Å²) in [7, 11) is 2.13. The molecule has 2 heterocycles. The summed E-state index contributed by atoms with van der Waals surface area (Å²) in [6.45, 7) is 5.92. The molecule has 2 atom stereocenters. The van der Waals surface area contributed by atoms with Crippen LogP contribution in [0.5, 0.6) is 0 Å². The lowest BCUT2D eigenvalue weighted by atomic mass is 10.1. The Labute approximate surface area is 120 Å². The lowest BCUT2D eigenvalue weighted by Gasteiger charge is -2.42. The number of nitrogen functional groups attached to an aromatic ring is 1. The van der Waals surface area contributed by atoms with Crippen molar-refractivity contribution in [2.24, 2.45) is 0 Å². The van der Waals surface area contributed by atoms with Crippen molar-refractivity contribution in [3.63, 3.8) is 0 Å². The normalized spacial score (nSPS) is 27.9. The van der Waals surface area contributed by atoms with Crippen molar-refractivity contribution in [3.8, 4) is 0 Å². The third kappa shape index (κ3) is 2.30. The van der Waals surface area contributed by atoms with Gasteiger partial charge in [-0.25, -0.2) is 0 Å². The Kier molecular flexibility index (Phi) is 3.24. The van der Waals surface area contributed by atoms with E-state index in [0.717, 1.165) is 31.6 Å². The molecule has 1 saturated heterocycles. The molecule has 0 radical (unpaired) electrons. The highest BCUT2D eigenvalue weighted by atomic mass is 16.2. The van der Waals surface area contributed by atoms with E-state index in [-0.39, 0.29) is 5.91 Å². The number of hydrogen-bond donors (Lipinski definition) is 1. The summed E-state index contributed by atoms with van der Waals surface area (Å²) in [5.74, 6) is 0.125. The van der Waals surface area contributed by atoms with E-state index in [9.17, 15) is 4.79 Å². The Bertz CT molecular complexity index is 508. The average Bonchev–Trinajstić information content (AvgIpc) is 3.17. The van der Waals surface area contributed by atoms with Gasteiger partial charge in [0.1, 0.15) is 5.69 Å². The highest BCUT2D eigenvalue weighted by molar-refractivity contribution is 5.94. The van der Waals surface area contributed by atoms with Crippen molar-refractivity contribution >= 4 is 11.6 Å². The first-order valence-corrected chi connectivity index (χ1v) is 7.46. The smallest absolute Gasteiger partial charge is 0.270 e. The summed E-state index contributed by atoms with van der Waals surface area (Å²) in [5, 5.41) is 0. The van der Waals surface area contributed by atoms with Crippen LogP contribution in [0.1, 0.15) is 43.2 Å². The number of nitrogens with zero attached hydrogens (tertiary/aromatic N) is 3. The Morgan fingerprint density at radius 1 is 1.25 bits per heavy atom. The second kappa shape index (κ2) is 4.81. The predicted molar refractivity (Wildman–Crippen MR) is 79.7 cm³/mol. The van der Waals surface area contributed by atoms with Gasteiger partial charge in [-0.05, 0) is 39.8 Å². The number of anilines is 1. The second-order valence-corrected chi connectivity index (χ2v) is 6.37. The molecule has 110 valence electrons. The van der Waals surface area contributed by atoms with Gasteiger partial charge in [0, 0.05) is 37.4 Å². The summed E-state index contributed by atoms with van der Waals surface area (Å²) in [6, 6.07) is 3.09. The van der Waals surface area contributed by atoms with Crippen molar-refractivity contribution in [2.75, 3.05) is 25.9 Å². The molecule has 5 nitrogen and oxygen atoms in total. The molecule has 1 aromatic heterocycles. The number of carbonyl (C=O) groups is 1. The summed E-state index contributed by atoms with van der Waals surface area (Å²) in [6.07, 6.45) is 4.22.